The summed E-state index contributed by atoms with van der Waals surface area (Å²) >= 11 is 0. The van der Waals surface area contributed by atoms with E-state index in [2.05, 4.69) is 21.3 Å². The molecular weight excluding hydrogens is 468 g/mol. The van der Waals surface area contributed by atoms with Gasteiger partial charge in [-0.3, -0.25) is 30.9 Å². The summed E-state index contributed by atoms with van der Waals surface area (Å²) in [5, 5.41) is 48.2. The number of carbonyl (C=O) groups is 2. The highest BCUT2D eigenvalue weighted by molar-refractivity contribution is 5.91. The first-order chi connectivity index (χ1) is 16.9. The Morgan fingerprint density at radius 1 is 0.686 bits per heavy atom. The van der Waals surface area contributed by atoms with E-state index in [4.69, 9.17) is 18.3 Å². The van der Waals surface area contributed by atoms with Crippen LogP contribution in [0, 0.1) is 0 Å². The lowest BCUT2D eigenvalue weighted by molar-refractivity contribution is -0.187. The molecule has 0 aliphatic carbocycles. The molecule has 0 aliphatic heterocycles. The van der Waals surface area contributed by atoms with Gasteiger partial charge in [0.05, 0.1) is 39.0 Å². The number of rotatable bonds is 18. The molecule has 0 amide bonds. The van der Waals surface area contributed by atoms with Crippen LogP contribution in [-0.4, -0.2) is 85.0 Å². The molecule has 0 unspecified atom stereocenters. The van der Waals surface area contributed by atoms with Gasteiger partial charge in [-0.1, -0.05) is 0 Å². The smallest absolute Gasteiger partial charge is 0.320 e. The first kappa shape index (κ1) is 28.4. The number of aliphatic hydroxyl groups excluding tert-OH is 4. The third-order valence-corrected chi connectivity index (χ3v) is 4.50. The Hall–Kier alpha value is -2.82. The molecule has 2 aromatic heterocycles. The summed E-state index contributed by atoms with van der Waals surface area (Å²) in [5.74, 6) is -5.40. The van der Waals surface area contributed by atoms with E-state index in [9.17, 15) is 30.0 Å². The molecular formula is C21H32N4O10. The van der Waals surface area contributed by atoms with Crippen molar-refractivity contribution in [3.8, 4) is 0 Å². The molecule has 2 rings (SSSR count). The Labute approximate surface area is 201 Å². The maximum atomic E-state index is 12.8. The van der Waals surface area contributed by atoms with Crippen LogP contribution >= 0.6 is 0 Å². The minimum Gasteiger partial charge on any atom is -0.462 e. The zero-order chi connectivity index (χ0) is 25.6. The van der Waals surface area contributed by atoms with Crippen molar-refractivity contribution in [2.24, 2.45) is 0 Å². The molecule has 0 bridgehead atoms. The van der Waals surface area contributed by atoms with Crippen molar-refractivity contribution in [1.82, 2.24) is 21.3 Å². The van der Waals surface area contributed by atoms with Gasteiger partial charge in [0.2, 0.25) is 0 Å². The van der Waals surface area contributed by atoms with Crippen LogP contribution < -0.4 is 21.3 Å². The third-order valence-electron chi connectivity index (χ3n) is 4.50. The van der Waals surface area contributed by atoms with Gasteiger partial charge in [0.1, 0.15) is 6.42 Å². The summed E-state index contributed by atoms with van der Waals surface area (Å²) in [6.45, 7) is -1.29. The van der Waals surface area contributed by atoms with E-state index in [1.54, 1.807) is 12.1 Å². The molecule has 8 N–H and O–H groups in total. The van der Waals surface area contributed by atoms with Gasteiger partial charge in [0.15, 0.2) is 11.5 Å². The summed E-state index contributed by atoms with van der Waals surface area (Å²) in [5.41, 5.74) is 0. The summed E-state index contributed by atoms with van der Waals surface area (Å²) in [6, 6.07) is 6.09. The highest BCUT2D eigenvalue weighted by Crippen LogP contribution is 2.24. The first-order valence-electron chi connectivity index (χ1n) is 10.9. The highest BCUT2D eigenvalue weighted by Gasteiger charge is 2.42. The molecule has 14 heteroatoms. The standard InChI is InChI=1S/C21H32N4O10/c26-9-5-22-20(23-6-10-27,16-3-1-13-32-16)34-18(30)15-19(31)35-21(24-7-11-28,25-8-12-29)17-4-2-14-33-17/h1-4,13-14,22-29H,5-12,15H2. The van der Waals surface area contributed by atoms with Crippen molar-refractivity contribution in [2.75, 3.05) is 52.6 Å². The van der Waals surface area contributed by atoms with E-state index in [0.717, 1.165) is 0 Å². The maximum absolute atomic E-state index is 12.8. The number of nitrogens with one attached hydrogen (secondary N) is 4. The fourth-order valence-electron chi connectivity index (χ4n) is 3.14. The molecule has 14 nitrogen and oxygen atoms in total. The largest absolute Gasteiger partial charge is 0.462 e. The van der Waals surface area contributed by atoms with E-state index in [0.29, 0.717) is 0 Å². The van der Waals surface area contributed by atoms with Gasteiger partial charge >= 0.3 is 11.9 Å². The number of esters is 2. The molecule has 2 heterocycles. The van der Waals surface area contributed by atoms with E-state index < -0.39 is 30.1 Å². The van der Waals surface area contributed by atoms with Gasteiger partial charge in [-0.25, -0.2) is 0 Å². The molecule has 0 spiro atoms. The van der Waals surface area contributed by atoms with Crippen molar-refractivity contribution >= 4 is 11.9 Å². The quantitative estimate of drug-likeness (QED) is 0.0610. The van der Waals surface area contributed by atoms with Crippen molar-refractivity contribution in [3.63, 3.8) is 0 Å². The Balaban J connectivity index is 2.20. The SMILES string of the molecule is O=C(CC(=O)OC(NCCO)(NCCO)c1ccco1)OC(NCCO)(NCCO)c1ccco1. The molecule has 2 aromatic rings. The van der Waals surface area contributed by atoms with Gasteiger partial charge in [-0.15, -0.1) is 0 Å². The van der Waals surface area contributed by atoms with Crippen LogP contribution in [0.1, 0.15) is 17.9 Å². The number of hydrogen-bond acceptors (Lipinski definition) is 14. The van der Waals surface area contributed by atoms with Crippen LogP contribution in [0.25, 0.3) is 0 Å². The topological polar surface area (TPSA) is 208 Å². The molecule has 0 saturated heterocycles. The van der Waals surface area contributed by atoms with Gasteiger partial charge in [-0.05, 0) is 24.3 Å². The van der Waals surface area contributed by atoms with Gasteiger partial charge in [-0.2, -0.15) is 0 Å². The highest BCUT2D eigenvalue weighted by atomic mass is 16.6. The van der Waals surface area contributed by atoms with Crippen LogP contribution in [0.15, 0.2) is 45.6 Å². The van der Waals surface area contributed by atoms with Crippen LogP contribution in [0.2, 0.25) is 0 Å². The average Bonchev–Trinajstić information content (AvgIpc) is 3.58. The molecule has 0 radical (unpaired) electrons. The second kappa shape index (κ2) is 14.6. The fraction of sp³-hybridized carbons (Fsp3) is 0.524. The van der Waals surface area contributed by atoms with Crippen molar-refractivity contribution in [3.05, 3.63) is 48.3 Å². The van der Waals surface area contributed by atoms with Crippen molar-refractivity contribution in [1.29, 1.82) is 0 Å². The van der Waals surface area contributed by atoms with E-state index in [1.807, 2.05) is 0 Å². The Morgan fingerprint density at radius 2 is 1.03 bits per heavy atom. The summed E-state index contributed by atoms with van der Waals surface area (Å²) in [4.78, 5) is 25.6. The number of ether oxygens (including phenoxy) is 2. The van der Waals surface area contributed by atoms with Gasteiger partial charge in [0, 0.05) is 26.2 Å². The normalized spacial score (nSPS) is 12.0. The van der Waals surface area contributed by atoms with Crippen LogP contribution in [0.4, 0.5) is 0 Å². The number of aliphatic hydroxyl groups is 4. The molecule has 0 saturated carbocycles. The monoisotopic (exact) mass is 500 g/mol. The minimum atomic E-state index is -1.78. The average molecular weight is 501 g/mol. The third kappa shape index (κ3) is 8.12. The molecule has 35 heavy (non-hydrogen) atoms. The van der Waals surface area contributed by atoms with E-state index >= 15 is 0 Å². The second-order valence-corrected chi connectivity index (χ2v) is 7.04. The lowest BCUT2D eigenvalue weighted by Gasteiger charge is -2.34. The lowest BCUT2D eigenvalue weighted by atomic mass is 10.2. The molecule has 0 fully saturated rings. The summed E-state index contributed by atoms with van der Waals surface area (Å²) in [6.07, 6.45) is 1.82. The summed E-state index contributed by atoms with van der Waals surface area (Å²) < 4.78 is 21.7. The lowest BCUT2D eigenvalue weighted by Crippen LogP contribution is -2.59. The molecule has 0 aliphatic rings. The zero-order valence-electron chi connectivity index (χ0n) is 19.1. The molecule has 196 valence electrons. The number of hydrogen-bond donors (Lipinski definition) is 8. The Morgan fingerprint density at radius 3 is 1.29 bits per heavy atom. The van der Waals surface area contributed by atoms with Gasteiger partial charge < -0.3 is 38.7 Å². The first-order valence-corrected chi connectivity index (χ1v) is 10.9. The van der Waals surface area contributed by atoms with Gasteiger partial charge in [0.25, 0.3) is 11.7 Å². The molecule has 0 aromatic carbocycles. The predicted molar refractivity (Wildman–Crippen MR) is 118 cm³/mol. The van der Waals surface area contributed by atoms with Crippen molar-refractivity contribution in [2.45, 2.75) is 18.1 Å². The van der Waals surface area contributed by atoms with E-state index in [1.165, 1.54) is 24.7 Å². The zero-order valence-corrected chi connectivity index (χ0v) is 19.1. The molecule has 0 atom stereocenters. The summed E-state index contributed by atoms with van der Waals surface area (Å²) in [7, 11) is 0. The Kier molecular flexibility index (Phi) is 11.8. The Bertz CT molecular complexity index is 773. The van der Waals surface area contributed by atoms with Crippen LogP contribution in [0.3, 0.4) is 0 Å². The minimum absolute atomic E-state index is 0.0192. The van der Waals surface area contributed by atoms with Crippen molar-refractivity contribution < 1.29 is 48.3 Å². The predicted octanol–water partition coefficient (Wildman–Crippen LogP) is -2.40. The number of furan rings is 2. The maximum Gasteiger partial charge on any atom is 0.320 e. The van der Waals surface area contributed by atoms with E-state index in [-0.39, 0.29) is 64.1 Å². The number of carbonyl (C=O) groups excluding carboxylic acids is 2. The fourth-order valence-corrected chi connectivity index (χ4v) is 3.14. The second-order valence-electron chi connectivity index (χ2n) is 7.04. The van der Waals surface area contributed by atoms with Crippen LogP contribution in [0.5, 0.6) is 0 Å². The van der Waals surface area contributed by atoms with Crippen LogP contribution in [-0.2, 0) is 30.8 Å².